The van der Waals surface area contributed by atoms with Crippen molar-refractivity contribution in [1.82, 2.24) is 0 Å². The Morgan fingerprint density at radius 3 is 2.75 bits per heavy atom. The van der Waals surface area contributed by atoms with E-state index in [9.17, 15) is 9.90 Å². The average Bonchev–Trinajstić information content (AvgIpc) is 2.70. The van der Waals surface area contributed by atoms with E-state index in [2.05, 4.69) is 0 Å². The number of aromatic hydroxyl groups is 1. The van der Waals surface area contributed by atoms with E-state index in [1.807, 2.05) is 0 Å². The molecule has 1 aromatic heterocycles. The quantitative estimate of drug-likeness (QED) is 0.476. The van der Waals surface area contributed by atoms with Gasteiger partial charge < -0.3 is 10.8 Å². The SMILES string of the molecule is CC(=O)c1csc(-c2cc(N)ccc2O)c1. The van der Waals surface area contributed by atoms with Crippen LogP contribution < -0.4 is 5.73 Å². The van der Waals surface area contributed by atoms with Crippen LogP contribution in [0.3, 0.4) is 0 Å². The van der Waals surface area contributed by atoms with E-state index in [4.69, 9.17) is 5.73 Å². The molecule has 0 fully saturated rings. The van der Waals surface area contributed by atoms with Crippen molar-refractivity contribution >= 4 is 22.8 Å². The van der Waals surface area contributed by atoms with Crippen LogP contribution in [-0.2, 0) is 0 Å². The summed E-state index contributed by atoms with van der Waals surface area (Å²) >= 11 is 1.42. The second-order valence-electron chi connectivity index (χ2n) is 3.53. The van der Waals surface area contributed by atoms with Crippen LogP contribution in [0.1, 0.15) is 17.3 Å². The lowest BCUT2D eigenvalue weighted by molar-refractivity contribution is 0.101. The number of benzene rings is 1. The number of nitrogen functional groups attached to an aromatic ring is 1. The first-order chi connectivity index (χ1) is 7.58. The van der Waals surface area contributed by atoms with Crippen LogP contribution in [0.15, 0.2) is 29.6 Å². The molecular formula is C12H11NO2S. The normalized spacial score (nSPS) is 10.3. The fourth-order valence-electron chi connectivity index (χ4n) is 1.41. The lowest BCUT2D eigenvalue weighted by atomic mass is 10.1. The first kappa shape index (κ1) is 10.7. The van der Waals surface area contributed by atoms with E-state index >= 15 is 0 Å². The summed E-state index contributed by atoms with van der Waals surface area (Å²) in [5, 5.41) is 11.5. The van der Waals surface area contributed by atoms with E-state index in [0.29, 0.717) is 16.8 Å². The molecule has 3 N–H and O–H groups in total. The van der Waals surface area contributed by atoms with Crippen molar-refractivity contribution in [2.75, 3.05) is 5.73 Å². The van der Waals surface area contributed by atoms with Gasteiger partial charge in [-0.25, -0.2) is 0 Å². The number of carbonyl (C=O) groups is 1. The van der Waals surface area contributed by atoms with Gasteiger partial charge >= 0.3 is 0 Å². The van der Waals surface area contributed by atoms with E-state index in [1.54, 1.807) is 29.6 Å². The molecule has 0 unspecified atom stereocenters. The Labute approximate surface area is 97.2 Å². The van der Waals surface area contributed by atoms with E-state index in [1.165, 1.54) is 18.3 Å². The number of rotatable bonds is 2. The minimum absolute atomic E-state index is 0.0193. The molecular weight excluding hydrogens is 222 g/mol. The molecule has 0 spiro atoms. The molecule has 0 atom stereocenters. The second-order valence-corrected chi connectivity index (χ2v) is 4.44. The van der Waals surface area contributed by atoms with Crippen molar-refractivity contribution in [3.63, 3.8) is 0 Å². The molecule has 0 saturated heterocycles. The van der Waals surface area contributed by atoms with Gasteiger partial charge in [0.05, 0.1) is 0 Å². The molecule has 4 heteroatoms. The predicted molar refractivity (Wildman–Crippen MR) is 65.8 cm³/mol. The third-order valence-electron chi connectivity index (χ3n) is 2.29. The Kier molecular flexibility index (Phi) is 2.66. The van der Waals surface area contributed by atoms with Crippen LogP contribution in [0.5, 0.6) is 5.75 Å². The highest BCUT2D eigenvalue weighted by Crippen LogP contribution is 2.35. The highest BCUT2D eigenvalue weighted by molar-refractivity contribution is 7.13. The molecule has 1 heterocycles. The Morgan fingerprint density at radius 2 is 2.12 bits per heavy atom. The lowest BCUT2D eigenvalue weighted by Crippen LogP contribution is -1.87. The number of phenols is 1. The first-order valence-electron chi connectivity index (χ1n) is 4.76. The Balaban J connectivity index is 2.50. The molecule has 82 valence electrons. The smallest absolute Gasteiger partial charge is 0.160 e. The summed E-state index contributed by atoms with van der Waals surface area (Å²) in [6, 6.07) is 6.66. The van der Waals surface area contributed by atoms with Gasteiger partial charge in [0.1, 0.15) is 5.75 Å². The van der Waals surface area contributed by atoms with E-state index in [-0.39, 0.29) is 11.5 Å². The molecule has 0 radical (unpaired) electrons. The lowest BCUT2D eigenvalue weighted by Gasteiger charge is -2.02. The van der Waals surface area contributed by atoms with Crippen molar-refractivity contribution in [3.8, 4) is 16.2 Å². The van der Waals surface area contributed by atoms with Crippen molar-refractivity contribution in [2.45, 2.75) is 6.92 Å². The summed E-state index contributed by atoms with van der Waals surface area (Å²) in [4.78, 5) is 12.0. The largest absolute Gasteiger partial charge is 0.507 e. The number of thiophene rings is 1. The maximum absolute atomic E-state index is 11.2. The van der Waals surface area contributed by atoms with Gasteiger partial charge in [-0.05, 0) is 31.2 Å². The molecule has 1 aromatic carbocycles. The summed E-state index contributed by atoms with van der Waals surface area (Å²) in [6.07, 6.45) is 0. The number of hydrogen-bond acceptors (Lipinski definition) is 4. The van der Waals surface area contributed by atoms with Gasteiger partial charge in [0, 0.05) is 27.1 Å². The minimum Gasteiger partial charge on any atom is -0.507 e. The van der Waals surface area contributed by atoms with Crippen molar-refractivity contribution < 1.29 is 9.90 Å². The number of nitrogens with two attached hydrogens (primary N) is 1. The van der Waals surface area contributed by atoms with Crippen molar-refractivity contribution in [2.24, 2.45) is 0 Å². The molecule has 2 aromatic rings. The second kappa shape index (κ2) is 3.98. The summed E-state index contributed by atoms with van der Waals surface area (Å²) in [6.45, 7) is 1.52. The van der Waals surface area contributed by atoms with Gasteiger partial charge in [0.2, 0.25) is 0 Å². The molecule has 0 aliphatic carbocycles. The number of phenolic OH excluding ortho intramolecular Hbond substituents is 1. The Hall–Kier alpha value is -1.81. The zero-order chi connectivity index (χ0) is 11.7. The molecule has 3 nitrogen and oxygen atoms in total. The summed E-state index contributed by atoms with van der Waals surface area (Å²) in [5.41, 5.74) is 7.57. The topological polar surface area (TPSA) is 63.3 Å². The number of carbonyl (C=O) groups excluding carboxylic acids is 1. The first-order valence-corrected chi connectivity index (χ1v) is 5.64. The summed E-state index contributed by atoms with van der Waals surface area (Å²) in [7, 11) is 0. The van der Waals surface area contributed by atoms with Crippen LogP contribution in [0.4, 0.5) is 5.69 Å². The molecule has 0 saturated carbocycles. The van der Waals surface area contributed by atoms with E-state index < -0.39 is 0 Å². The molecule has 2 rings (SSSR count). The zero-order valence-electron chi connectivity index (χ0n) is 8.73. The van der Waals surface area contributed by atoms with Gasteiger partial charge in [0.15, 0.2) is 5.78 Å². The third-order valence-corrected chi connectivity index (χ3v) is 3.26. The maximum atomic E-state index is 11.2. The molecule has 0 aliphatic heterocycles. The van der Waals surface area contributed by atoms with E-state index in [0.717, 1.165) is 4.88 Å². The van der Waals surface area contributed by atoms with Gasteiger partial charge in [-0.15, -0.1) is 11.3 Å². The van der Waals surface area contributed by atoms with Crippen LogP contribution in [0.2, 0.25) is 0 Å². The van der Waals surface area contributed by atoms with Crippen molar-refractivity contribution in [1.29, 1.82) is 0 Å². The number of ketones is 1. The summed E-state index contributed by atoms with van der Waals surface area (Å²) < 4.78 is 0. The average molecular weight is 233 g/mol. The van der Waals surface area contributed by atoms with Gasteiger partial charge in [-0.1, -0.05) is 0 Å². The Bertz CT molecular complexity index is 546. The molecule has 0 amide bonds. The number of anilines is 1. The maximum Gasteiger partial charge on any atom is 0.160 e. The molecule has 16 heavy (non-hydrogen) atoms. The third kappa shape index (κ3) is 1.92. The van der Waals surface area contributed by atoms with Crippen LogP contribution in [-0.4, -0.2) is 10.9 Å². The predicted octanol–water partition coefficient (Wildman–Crippen LogP) is 2.91. The minimum atomic E-state index is 0.0193. The van der Waals surface area contributed by atoms with Crippen LogP contribution in [0.25, 0.3) is 10.4 Å². The summed E-state index contributed by atoms with van der Waals surface area (Å²) in [5.74, 6) is 0.192. The zero-order valence-corrected chi connectivity index (χ0v) is 9.54. The highest BCUT2D eigenvalue weighted by atomic mass is 32.1. The van der Waals surface area contributed by atoms with Gasteiger partial charge in [-0.3, -0.25) is 4.79 Å². The van der Waals surface area contributed by atoms with Gasteiger partial charge in [-0.2, -0.15) is 0 Å². The molecule has 0 aliphatic rings. The van der Waals surface area contributed by atoms with Crippen LogP contribution in [0, 0.1) is 0 Å². The standard InChI is InChI=1S/C12H11NO2S/c1-7(14)8-4-12(16-6-8)10-5-9(13)2-3-11(10)15/h2-6,15H,13H2,1H3. The highest BCUT2D eigenvalue weighted by Gasteiger charge is 2.09. The van der Waals surface area contributed by atoms with Gasteiger partial charge in [0.25, 0.3) is 0 Å². The van der Waals surface area contributed by atoms with Crippen LogP contribution >= 0.6 is 11.3 Å². The fraction of sp³-hybridized carbons (Fsp3) is 0.0833. The monoisotopic (exact) mass is 233 g/mol. The molecule has 0 bridgehead atoms. The Morgan fingerprint density at radius 1 is 1.38 bits per heavy atom. The van der Waals surface area contributed by atoms with Crippen molar-refractivity contribution in [3.05, 3.63) is 35.2 Å². The number of hydrogen-bond donors (Lipinski definition) is 2. The number of Topliss-reactive ketones (excluding diaryl/α,β-unsaturated/α-hetero) is 1. The fourth-order valence-corrected chi connectivity index (χ4v) is 2.39.